The highest BCUT2D eigenvalue weighted by atomic mass is 31.2. The molecule has 0 fully saturated rings. The van der Waals surface area contributed by atoms with Crippen LogP contribution in [0.15, 0.2) is 11.9 Å². The van der Waals surface area contributed by atoms with E-state index < -0.39 is 13.8 Å². The van der Waals surface area contributed by atoms with Crippen LogP contribution in [0, 0.1) is 0 Å². The van der Waals surface area contributed by atoms with Crippen LogP contribution in [0.5, 0.6) is 0 Å². The molecule has 0 aliphatic carbocycles. The lowest BCUT2D eigenvalue weighted by atomic mass is 10.8. The highest BCUT2D eigenvalue weighted by molar-refractivity contribution is 7.76. The van der Waals surface area contributed by atoms with Crippen molar-refractivity contribution in [2.45, 2.75) is 13.8 Å². The first-order valence-electron chi connectivity index (χ1n) is 4.52. The van der Waals surface area contributed by atoms with E-state index in [1.54, 1.807) is 0 Å². The fraction of sp³-hybridized carbons (Fsp3) is 0.636. The van der Waals surface area contributed by atoms with E-state index >= 15 is 0 Å². The zero-order chi connectivity index (χ0) is 11.3. The molecule has 0 radical (unpaired) electrons. The summed E-state index contributed by atoms with van der Waals surface area (Å²) in [5.41, 5.74) is 0. The van der Waals surface area contributed by atoms with Crippen LogP contribution in [0.1, 0.15) is 13.8 Å². The molecule has 0 nitrogen and oxygen atoms in total. The molecule has 0 rings (SSSR count). The molecule has 0 aromatic rings. The molecule has 0 N–H and O–H groups in total. The van der Waals surface area contributed by atoms with Gasteiger partial charge in [0.2, 0.25) is 0 Å². The van der Waals surface area contributed by atoms with E-state index in [2.05, 4.69) is 52.8 Å². The Bertz CT molecular complexity index is 237. The number of hydrogen-bond acceptors (Lipinski definition) is 0. The number of hydrogen-bond donors (Lipinski definition) is 0. The van der Waals surface area contributed by atoms with Crippen molar-refractivity contribution in [3.8, 4) is 0 Å². The Morgan fingerprint density at radius 1 is 1.08 bits per heavy atom. The van der Waals surface area contributed by atoms with Gasteiger partial charge in [-0.3, -0.25) is 0 Å². The smallest absolute Gasteiger partial charge is 0.0365 e. The Labute approximate surface area is 85.4 Å². The molecule has 0 aliphatic rings. The van der Waals surface area contributed by atoms with Crippen molar-refractivity contribution in [3.05, 3.63) is 11.9 Å². The van der Waals surface area contributed by atoms with Crippen LogP contribution >= 0.6 is 13.8 Å². The molecule has 80 valence electrons. The van der Waals surface area contributed by atoms with Crippen molar-refractivity contribution < 1.29 is 0 Å². The zero-order valence-electron chi connectivity index (χ0n) is 10.2. The molecule has 0 aromatic carbocycles. The molecule has 0 saturated carbocycles. The average molecular weight is 220 g/mol. The third-order valence-electron chi connectivity index (χ3n) is 1.89. The van der Waals surface area contributed by atoms with Gasteiger partial charge < -0.3 is 0 Å². The fourth-order valence-electron chi connectivity index (χ4n) is 0. The molecule has 0 bridgehead atoms. The zero-order valence-corrected chi connectivity index (χ0v) is 12.0. The quantitative estimate of drug-likeness (QED) is 0.618. The highest BCUT2D eigenvalue weighted by Gasteiger charge is 1.95. The van der Waals surface area contributed by atoms with Gasteiger partial charge >= 0.3 is 0 Å². The van der Waals surface area contributed by atoms with Crippen molar-refractivity contribution in [2.75, 3.05) is 32.8 Å². The number of allylic oxidation sites excluding steroid dienone is 1. The average Bonchev–Trinajstić information content (AvgIpc) is 1.85. The van der Waals surface area contributed by atoms with E-state index in [0.717, 1.165) is 0 Å². The summed E-state index contributed by atoms with van der Waals surface area (Å²) in [5.74, 6) is 0. The van der Waals surface area contributed by atoms with Crippen LogP contribution < -0.4 is 0 Å². The van der Waals surface area contributed by atoms with E-state index in [0.29, 0.717) is 0 Å². The van der Waals surface area contributed by atoms with Gasteiger partial charge in [-0.1, -0.05) is 32.0 Å². The molecular weight excluding hydrogens is 194 g/mol. The van der Waals surface area contributed by atoms with Crippen LogP contribution in [0.2, 0.25) is 0 Å². The normalized spacial score (nSPS) is 11.5. The standard InChI is InChI=1S/C6H13P.C5H13P/c1-6(2)7(3,4)5;1-5-6(2,3)4/h1,3H2,2,4-5H3;2,5H2,1,3-4H3. The highest BCUT2D eigenvalue weighted by Crippen LogP contribution is 2.43. The van der Waals surface area contributed by atoms with Crippen molar-refractivity contribution in [1.82, 2.24) is 0 Å². The maximum absolute atomic E-state index is 4.00. The molecular formula is C11H26P2. The predicted octanol–water partition coefficient (Wildman–Crippen LogP) is 3.94. The van der Waals surface area contributed by atoms with Gasteiger partial charge in [0, 0.05) is 0 Å². The van der Waals surface area contributed by atoms with Crippen LogP contribution in [0.25, 0.3) is 0 Å². The Balaban J connectivity index is 0. The van der Waals surface area contributed by atoms with Crippen molar-refractivity contribution in [3.63, 3.8) is 0 Å². The minimum absolute atomic E-state index is 0.647. The summed E-state index contributed by atoms with van der Waals surface area (Å²) in [4.78, 5) is 0. The third kappa shape index (κ3) is 15.1. The van der Waals surface area contributed by atoms with Crippen LogP contribution in [0.4, 0.5) is 0 Å². The van der Waals surface area contributed by atoms with Gasteiger partial charge in [0.1, 0.15) is 0 Å². The van der Waals surface area contributed by atoms with Crippen molar-refractivity contribution in [1.29, 1.82) is 0 Å². The van der Waals surface area contributed by atoms with E-state index in [-0.39, 0.29) is 0 Å². The third-order valence-corrected chi connectivity index (χ3v) is 5.67. The van der Waals surface area contributed by atoms with Gasteiger partial charge in [0.15, 0.2) is 0 Å². The van der Waals surface area contributed by atoms with E-state index in [1.165, 1.54) is 11.5 Å². The van der Waals surface area contributed by atoms with Crippen LogP contribution in [-0.2, 0) is 0 Å². The van der Waals surface area contributed by atoms with Gasteiger partial charge in [-0.15, -0.1) is 13.2 Å². The molecule has 0 saturated heterocycles. The van der Waals surface area contributed by atoms with Gasteiger partial charge in [-0.2, -0.15) is 0 Å². The predicted molar refractivity (Wildman–Crippen MR) is 77.1 cm³/mol. The second kappa shape index (κ2) is 5.94. The first kappa shape index (κ1) is 15.8. The van der Waals surface area contributed by atoms with Gasteiger partial charge in [-0.05, 0) is 39.7 Å². The van der Waals surface area contributed by atoms with E-state index in [9.17, 15) is 0 Å². The Kier molecular flexibility index (Phi) is 7.22. The van der Waals surface area contributed by atoms with Gasteiger partial charge in [0.25, 0.3) is 0 Å². The Morgan fingerprint density at radius 3 is 1.23 bits per heavy atom. The first-order chi connectivity index (χ1) is 5.50. The molecule has 0 aliphatic heterocycles. The lowest BCUT2D eigenvalue weighted by Gasteiger charge is -2.09. The molecule has 2 heteroatoms. The molecule has 0 atom stereocenters. The second-order valence-electron chi connectivity index (χ2n) is 4.67. The van der Waals surface area contributed by atoms with Crippen LogP contribution in [0.3, 0.4) is 0 Å². The maximum atomic E-state index is 4.00. The Morgan fingerprint density at radius 2 is 1.23 bits per heavy atom. The van der Waals surface area contributed by atoms with E-state index in [1.807, 2.05) is 6.92 Å². The molecule has 0 spiro atoms. The molecule has 0 aromatic heterocycles. The fourth-order valence-corrected chi connectivity index (χ4v) is 0. The second-order valence-corrected chi connectivity index (χ2v) is 13.3. The maximum Gasteiger partial charge on any atom is -0.0365 e. The molecule has 0 unspecified atom stereocenters. The molecule has 0 heterocycles. The summed E-state index contributed by atoms with van der Waals surface area (Å²) >= 11 is 0. The lowest BCUT2D eigenvalue weighted by molar-refractivity contribution is 1.49. The van der Waals surface area contributed by atoms with Crippen molar-refractivity contribution in [2.24, 2.45) is 0 Å². The summed E-state index contributed by atoms with van der Waals surface area (Å²) in [6, 6.07) is 0. The minimum Gasteiger partial charge on any atom is -0.118 e. The summed E-state index contributed by atoms with van der Waals surface area (Å²) in [6.07, 6.45) is 9.25. The SMILES string of the molecule is C=C(C)P(=C)(C)C.C=P(C)(C)CC. The summed E-state index contributed by atoms with van der Waals surface area (Å²) in [6.45, 7) is 15.3. The largest absolute Gasteiger partial charge is 0.118 e. The minimum atomic E-state index is -0.932. The lowest BCUT2D eigenvalue weighted by Crippen LogP contribution is -1.75. The van der Waals surface area contributed by atoms with Gasteiger partial charge in [0.05, 0.1) is 0 Å². The summed E-state index contributed by atoms with van der Waals surface area (Å²) < 4.78 is 0. The Hall–Kier alpha value is 0.340. The van der Waals surface area contributed by atoms with Crippen LogP contribution in [-0.4, -0.2) is 45.4 Å². The van der Waals surface area contributed by atoms with Gasteiger partial charge in [-0.25, -0.2) is 0 Å². The monoisotopic (exact) mass is 220 g/mol. The van der Waals surface area contributed by atoms with E-state index in [4.69, 9.17) is 0 Å². The molecule has 0 amide bonds. The first-order valence-corrected chi connectivity index (χ1v) is 10.4. The topological polar surface area (TPSA) is 0 Å². The van der Waals surface area contributed by atoms with Crippen molar-refractivity contribution >= 4 is 26.4 Å². The summed E-state index contributed by atoms with van der Waals surface area (Å²) in [7, 11) is 0. The number of rotatable bonds is 2. The summed E-state index contributed by atoms with van der Waals surface area (Å²) in [5, 5.41) is 1.24. The molecule has 13 heavy (non-hydrogen) atoms.